The average molecular weight is 291 g/mol. The molecule has 0 aromatic rings. The van der Waals surface area contributed by atoms with Gasteiger partial charge < -0.3 is 5.32 Å². The zero-order valence-electron chi connectivity index (χ0n) is 14.6. The minimum Gasteiger partial charge on any atom is -0.351 e. The minimum atomic E-state index is -0.0985. The summed E-state index contributed by atoms with van der Waals surface area (Å²) in [5.74, 6) is 2.89. The minimum absolute atomic E-state index is 0.0100. The molecule has 1 N–H and O–H groups in total. The van der Waals surface area contributed by atoms with Crippen LogP contribution < -0.4 is 5.32 Å². The highest BCUT2D eigenvalue weighted by Crippen LogP contribution is 2.60. The molecular weight excluding hydrogens is 258 g/mol. The van der Waals surface area contributed by atoms with E-state index in [9.17, 15) is 4.79 Å². The van der Waals surface area contributed by atoms with E-state index in [0.29, 0.717) is 5.91 Å². The predicted octanol–water partition coefficient (Wildman–Crippen LogP) is 4.53. The lowest BCUT2D eigenvalue weighted by Crippen LogP contribution is -2.57. The molecule has 0 saturated heterocycles. The Balaban J connectivity index is 1.71. The Morgan fingerprint density at radius 2 is 1.38 bits per heavy atom. The van der Waals surface area contributed by atoms with Crippen LogP contribution in [0, 0.1) is 28.6 Å². The van der Waals surface area contributed by atoms with Crippen LogP contribution >= 0.6 is 0 Å². The molecule has 4 rings (SSSR count). The lowest BCUT2D eigenvalue weighted by Gasteiger charge is -2.56. The van der Waals surface area contributed by atoms with Gasteiger partial charge in [0.05, 0.1) is 0 Å². The summed E-state index contributed by atoms with van der Waals surface area (Å²) in [6.45, 7) is 11.1. The first-order valence-electron chi connectivity index (χ1n) is 8.90. The molecule has 0 unspecified atom stereocenters. The SMILES string of the molecule is CC(C)(C)CC(C)(C)NC(=O)C12CC3CC(CC(C3)C1)C2. The molecule has 4 saturated carbocycles. The third-order valence-electron chi connectivity index (χ3n) is 5.94. The zero-order chi connectivity index (χ0) is 15.5. The van der Waals surface area contributed by atoms with Crippen LogP contribution in [0.4, 0.5) is 0 Å². The fourth-order valence-electron chi connectivity index (χ4n) is 6.20. The molecule has 4 aliphatic carbocycles. The van der Waals surface area contributed by atoms with E-state index in [1.54, 1.807) is 0 Å². The van der Waals surface area contributed by atoms with Gasteiger partial charge in [0, 0.05) is 11.0 Å². The molecule has 0 aromatic carbocycles. The molecule has 120 valence electrons. The molecule has 0 spiro atoms. The van der Waals surface area contributed by atoms with Gasteiger partial charge in [-0.05, 0) is 82.0 Å². The van der Waals surface area contributed by atoms with Crippen LogP contribution in [0.5, 0.6) is 0 Å². The Hall–Kier alpha value is -0.530. The Bertz CT molecular complexity index is 394. The van der Waals surface area contributed by atoms with E-state index in [4.69, 9.17) is 0 Å². The second-order valence-corrected chi connectivity index (χ2v) is 10.3. The van der Waals surface area contributed by atoms with E-state index in [0.717, 1.165) is 43.4 Å². The molecule has 0 atom stereocenters. The third kappa shape index (κ3) is 3.14. The van der Waals surface area contributed by atoms with Crippen molar-refractivity contribution < 1.29 is 4.79 Å². The highest BCUT2D eigenvalue weighted by atomic mass is 16.2. The van der Waals surface area contributed by atoms with Crippen LogP contribution in [0.1, 0.15) is 79.6 Å². The first kappa shape index (κ1) is 15.4. The van der Waals surface area contributed by atoms with Crippen LogP contribution in [0.2, 0.25) is 0 Å². The Morgan fingerprint density at radius 1 is 0.952 bits per heavy atom. The maximum Gasteiger partial charge on any atom is 0.226 e. The molecule has 0 aliphatic heterocycles. The van der Waals surface area contributed by atoms with Crippen molar-refractivity contribution in [3.05, 3.63) is 0 Å². The van der Waals surface area contributed by atoms with E-state index in [1.165, 1.54) is 19.3 Å². The van der Waals surface area contributed by atoms with Crippen LogP contribution in [0.25, 0.3) is 0 Å². The number of amides is 1. The molecular formula is C19H33NO. The van der Waals surface area contributed by atoms with Gasteiger partial charge in [-0.25, -0.2) is 0 Å². The van der Waals surface area contributed by atoms with Crippen molar-refractivity contribution in [1.29, 1.82) is 0 Å². The fraction of sp³-hybridized carbons (Fsp3) is 0.947. The zero-order valence-corrected chi connectivity index (χ0v) is 14.6. The molecule has 1 amide bonds. The molecule has 4 fully saturated rings. The molecule has 4 bridgehead atoms. The van der Waals surface area contributed by atoms with Crippen molar-refractivity contribution >= 4 is 5.91 Å². The molecule has 0 radical (unpaired) electrons. The molecule has 2 heteroatoms. The summed E-state index contributed by atoms with van der Waals surface area (Å²) in [5, 5.41) is 3.43. The Kier molecular flexibility index (Phi) is 3.46. The fourth-order valence-corrected chi connectivity index (χ4v) is 6.20. The summed E-state index contributed by atoms with van der Waals surface area (Å²) >= 11 is 0. The first-order valence-corrected chi connectivity index (χ1v) is 8.90. The number of carbonyl (C=O) groups excluding carboxylic acids is 1. The highest BCUT2D eigenvalue weighted by Gasteiger charge is 2.55. The smallest absolute Gasteiger partial charge is 0.226 e. The van der Waals surface area contributed by atoms with Crippen molar-refractivity contribution in [2.24, 2.45) is 28.6 Å². The normalized spacial score (nSPS) is 38.6. The van der Waals surface area contributed by atoms with E-state index in [1.807, 2.05) is 0 Å². The summed E-state index contributed by atoms with van der Waals surface area (Å²) < 4.78 is 0. The van der Waals surface area contributed by atoms with Crippen molar-refractivity contribution in [2.75, 3.05) is 0 Å². The molecule has 2 nitrogen and oxygen atoms in total. The van der Waals surface area contributed by atoms with Crippen LogP contribution in [0.15, 0.2) is 0 Å². The summed E-state index contributed by atoms with van der Waals surface area (Å²) in [6, 6.07) is 0. The Morgan fingerprint density at radius 3 is 1.76 bits per heavy atom. The number of rotatable bonds is 3. The number of hydrogen-bond donors (Lipinski definition) is 1. The van der Waals surface area contributed by atoms with Gasteiger partial charge >= 0.3 is 0 Å². The average Bonchev–Trinajstić information content (AvgIpc) is 2.22. The number of carbonyl (C=O) groups is 1. The van der Waals surface area contributed by atoms with Gasteiger partial charge in [-0.1, -0.05) is 20.8 Å². The van der Waals surface area contributed by atoms with Crippen LogP contribution in [0.3, 0.4) is 0 Å². The summed E-state index contributed by atoms with van der Waals surface area (Å²) in [7, 11) is 0. The van der Waals surface area contributed by atoms with Gasteiger partial charge in [0.15, 0.2) is 0 Å². The molecule has 4 aliphatic rings. The largest absolute Gasteiger partial charge is 0.351 e. The Labute approximate surface area is 130 Å². The third-order valence-corrected chi connectivity index (χ3v) is 5.94. The van der Waals surface area contributed by atoms with E-state index >= 15 is 0 Å². The first-order chi connectivity index (χ1) is 9.57. The van der Waals surface area contributed by atoms with Crippen molar-refractivity contribution in [1.82, 2.24) is 5.32 Å². The van der Waals surface area contributed by atoms with Gasteiger partial charge in [-0.3, -0.25) is 4.79 Å². The second-order valence-electron chi connectivity index (χ2n) is 10.3. The van der Waals surface area contributed by atoms with Crippen molar-refractivity contribution in [2.45, 2.75) is 85.1 Å². The van der Waals surface area contributed by atoms with Crippen molar-refractivity contribution in [3.63, 3.8) is 0 Å². The maximum absolute atomic E-state index is 13.1. The quantitative estimate of drug-likeness (QED) is 0.813. The second kappa shape index (κ2) is 4.73. The predicted molar refractivity (Wildman–Crippen MR) is 86.9 cm³/mol. The molecule has 0 heterocycles. The van der Waals surface area contributed by atoms with Gasteiger partial charge in [0.2, 0.25) is 5.91 Å². The van der Waals surface area contributed by atoms with Gasteiger partial charge in [-0.15, -0.1) is 0 Å². The van der Waals surface area contributed by atoms with Gasteiger partial charge in [0.1, 0.15) is 0 Å². The number of nitrogens with one attached hydrogen (secondary N) is 1. The van der Waals surface area contributed by atoms with E-state index < -0.39 is 0 Å². The van der Waals surface area contributed by atoms with Crippen LogP contribution in [-0.4, -0.2) is 11.4 Å². The maximum atomic E-state index is 13.1. The lowest BCUT2D eigenvalue weighted by molar-refractivity contribution is -0.148. The monoisotopic (exact) mass is 291 g/mol. The summed E-state index contributed by atoms with van der Waals surface area (Å²) in [4.78, 5) is 13.1. The summed E-state index contributed by atoms with van der Waals surface area (Å²) in [6.07, 6.45) is 8.72. The molecule has 21 heavy (non-hydrogen) atoms. The van der Waals surface area contributed by atoms with Crippen molar-refractivity contribution in [3.8, 4) is 0 Å². The summed E-state index contributed by atoms with van der Waals surface area (Å²) in [5.41, 5.74) is 0.140. The topological polar surface area (TPSA) is 29.1 Å². The van der Waals surface area contributed by atoms with Gasteiger partial charge in [-0.2, -0.15) is 0 Å². The highest BCUT2D eigenvalue weighted by molar-refractivity contribution is 5.83. The van der Waals surface area contributed by atoms with Gasteiger partial charge in [0.25, 0.3) is 0 Å². The standard InChI is InChI=1S/C19H33NO/c1-17(2,3)12-18(4,5)20-16(21)19-9-13-6-14(10-19)8-15(7-13)11-19/h13-15H,6-12H2,1-5H3,(H,20,21). The number of hydrogen-bond acceptors (Lipinski definition) is 1. The van der Waals surface area contributed by atoms with E-state index in [2.05, 4.69) is 39.9 Å². The lowest BCUT2D eigenvalue weighted by atomic mass is 9.49. The van der Waals surface area contributed by atoms with E-state index in [-0.39, 0.29) is 16.4 Å². The molecule has 0 aromatic heterocycles. The van der Waals surface area contributed by atoms with Crippen LogP contribution in [-0.2, 0) is 4.79 Å².